The van der Waals surface area contributed by atoms with Crippen LogP contribution in [0.4, 0.5) is 0 Å². The van der Waals surface area contributed by atoms with Crippen LogP contribution >= 0.6 is 0 Å². The van der Waals surface area contributed by atoms with Crippen molar-refractivity contribution < 1.29 is 19.5 Å². The lowest BCUT2D eigenvalue weighted by Crippen LogP contribution is -2.35. The van der Waals surface area contributed by atoms with Crippen molar-refractivity contribution in [3.05, 3.63) is 46.5 Å². The van der Waals surface area contributed by atoms with Gasteiger partial charge < -0.3 is 5.11 Å². The Balaban J connectivity index is 2.29. The van der Waals surface area contributed by atoms with Crippen molar-refractivity contribution in [1.29, 1.82) is 0 Å². The molecule has 0 amide bonds. The van der Waals surface area contributed by atoms with Gasteiger partial charge in [0.05, 0.1) is 11.7 Å². The van der Waals surface area contributed by atoms with Gasteiger partial charge in [-0.2, -0.15) is 0 Å². The molecule has 0 bridgehead atoms. The van der Waals surface area contributed by atoms with Crippen molar-refractivity contribution in [1.82, 2.24) is 0 Å². The van der Waals surface area contributed by atoms with Crippen LogP contribution in [0.15, 0.2) is 35.4 Å². The highest BCUT2D eigenvalue weighted by atomic mass is 16.3. The van der Waals surface area contributed by atoms with Gasteiger partial charge in [0.15, 0.2) is 17.3 Å². The van der Waals surface area contributed by atoms with E-state index in [1.54, 1.807) is 18.2 Å². The van der Waals surface area contributed by atoms with Crippen LogP contribution in [0.5, 0.6) is 0 Å². The summed E-state index contributed by atoms with van der Waals surface area (Å²) in [6, 6.07) is 6.39. The summed E-state index contributed by atoms with van der Waals surface area (Å²) in [7, 11) is 0. The van der Waals surface area contributed by atoms with E-state index >= 15 is 0 Å². The molecular weight excluding hydrogens is 232 g/mol. The highest BCUT2D eigenvalue weighted by Gasteiger charge is 2.40. The highest BCUT2D eigenvalue weighted by molar-refractivity contribution is 6.37. The van der Waals surface area contributed by atoms with Crippen LogP contribution < -0.4 is 0 Å². The molecule has 1 aromatic carbocycles. The zero-order valence-corrected chi connectivity index (χ0v) is 9.47. The van der Waals surface area contributed by atoms with Crippen LogP contribution in [0, 0.1) is 0 Å². The fourth-order valence-corrected chi connectivity index (χ4v) is 2.53. The van der Waals surface area contributed by atoms with E-state index in [4.69, 9.17) is 0 Å². The summed E-state index contributed by atoms with van der Waals surface area (Å²) in [6.45, 7) is 0. The topological polar surface area (TPSA) is 71.4 Å². The summed E-state index contributed by atoms with van der Waals surface area (Å²) < 4.78 is 0. The molecule has 2 aliphatic carbocycles. The Labute approximate surface area is 103 Å². The molecule has 0 heterocycles. The Morgan fingerprint density at radius 1 is 1.00 bits per heavy atom. The Morgan fingerprint density at radius 2 is 1.61 bits per heavy atom. The molecule has 0 aliphatic heterocycles. The minimum Gasteiger partial charge on any atom is -0.388 e. The number of allylic oxidation sites excluding steroid dienone is 1. The minimum absolute atomic E-state index is 0.0186. The van der Waals surface area contributed by atoms with E-state index in [-0.39, 0.29) is 40.9 Å². The van der Waals surface area contributed by atoms with Crippen LogP contribution in [-0.4, -0.2) is 28.6 Å². The van der Waals surface area contributed by atoms with Crippen LogP contribution in [0.3, 0.4) is 0 Å². The molecule has 0 fully saturated rings. The Kier molecular flexibility index (Phi) is 2.28. The standard InChI is InChI=1S/C14H10O4/c15-9-5-6-10(16)12-11(9)13(17)7-3-1-2-4-8(7)14(12)18/h1-4,9,15H,5-6H2. The van der Waals surface area contributed by atoms with Crippen molar-refractivity contribution in [2.45, 2.75) is 18.9 Å². The number of carbonyl (C=O) groups is 3. The molecule has 4 heteroatoms. The third-order valence-corrected chi connectivity index (χ3v) is 3.41. The Hall–Kier alpha value is -2.07. The average Bonchev–Trinajstić information content (AvgIpc) is 2.38. The molecule has 0 saturated carbocycles. The molecule has 0 radical (unpaired) electrons. The van der Waals surface area contributed by atoms with Gasteiger partial charge in [-0.1, -0.05) is 24.3 Å². The molecule has 0 saturated heterocycles. The lowest BCUT2D eigenvalue weighted by atomic mass is 9.75. The summed E-state index contributed by atoms with van der Waals surface area (Å²) >= 11 is 0. The Bertz CT molecular complexity index is 624. The molecule has 1 unspecified atom stereocenters. The summed E-state index contributed by atoms with van der Waals surface area (Å²) in [5.41, 5.74) is 0.395. The highest BCUT2D eigenvalue weighted by Crippen LogP contribution is 2.33. The zero-order chi connectivity index (χ0) is 12.9. The Morgan fingerprint density at radius 3 is 2.28 bits per heavy atom. The van der Waals surface area contributed by atoms with E-state index in [2.05, 4.69) is 0 Å². The van der Waals surface area contributed by atoms with Crippen molar-refractivity contribution in [2.24, 2.45) is 0 Å². The van der Waals surface area contributed by atoms with Crippen LogP contribution in [0.2, 0.25) is 0 Å². The zero-order valence-electron chi connectivity index (χ0n) is 9.47. The van der Waals surface area contributed by atoms with E-state index in [1.165, 1.54) is 6.07 Å². The smallest absolute Gasteiger partial charge is 0.197 e. The van der Waals surface area contributed by atoms with Gasteiger partial charge in [-0.25, -0.2) is 0 Å². The monoisotopic (exact) mass is 242 g/mol. The number of hydrogen-bond donors (Lipinski definition) is 1. The van der Waals surface area contributed by atoms with E-state index < -0.39 is 17.7 Å². The predicted octanol–water partition coefficient (Wildman–Crippen LogP) is 1.09. The average molecular weight is 242 g/mol. The molecule has 4 nitrogen and oxygen atoms in total. The molecule has 3 rings (SSSR count). The molecule has 0 aromatic heterocycles. The number of fused-ring (bicyclic) bond motifs is 1. The second-order valence-corrected chi connectivity index (χ2v) is 4.47. The van der Waals surface area contributed by atoms with Crippen molar-refractivity contribution in [3.8, 4) is 0 Å². The molecule has 2 aliphatic rings. The summed E-state index contributed by atoms with van der Waals surface area (Å²) in [4.78, 5) is 36.2. The maximum Gasteiger partial charge on any atom is 0.197 e. The second kappa shape index (κ2) is 3.71. The number of ketones is 3. The largest absolute Gasteiger partial charge is 0.388 e. The maximum atomic E-state index is 12.2. The second-order valence-electron chi connectivity index (χ2n) is 4.47. The van der Waals surface area contributed by atoms with Gasteiger partial charge in [0.1, 0.15) is 0 Å². The number of rotatable bonds is 0. The first-order valence-corrected chi connectivity index (χ1v) is 5.75. The van der Waals surface area contributed by atoms with Gasteiger partial charge in [0.2, 0.25) is 0 Å². The third kappa shape index (κ3) is 1.32. The van der Waals surface area contributed by atoms with Crippen LogP contribution in [0.25, 0.3) is 0 Å². The van der Waals surface area contributed by atoms with Crippen molar-refractivity contribution in [2.75, 3.05) is 0 Å². The fourth-order valence-electron chi connectivity index (χ4n) is 2.53. The number of aliphatic hydroxyl groups is 1. The predicted molar refractivity (Wildman–Crippen MR) is 62.4 cm³/mol. The number of Topliss-reactive ketones (excluding diaryl/α,β-unsaturated/α-hetero) is 3. The number of aliphatic hydroxyl groups excluding tert-OH is 1. The lowest BCUT2D eigenvalue weighted by Gasteiger charge is -2.26. The molecule has 1 atom stereocenters. The molecular formula is C14H10O4. The summed E-state index contributed by atoms with van der Waals surface area (Å²) in [6.07, 6.45) is -0.692. The first kappa shape index (κ1) is 11.0. The van der Waals surface area contributed by atoms with Gasteiger partial charge in [0.25, 0.3) is 0 Å². The van der Waals surface area contributed by atoms with Gasteiger partial charge >= 0.3 is 0 Å². The van der Waals surface area contributed by atoms with E-state index in [9.17, 15) is 19.5 Å². The van der Waals surface area contributed by atoms with Gasteiger partial charge in [0, 0.05) is 23.1 Å². The quantitative estimate of drug-likeness (QED) is 0.691. The summed E-state index contributed by atoms with van der Waals surface area (Å²) in [5.74, 6) is -1.19. The molecule has 18 heavy (non-hydrogen) atoms. The third-order valence-electron chi connectivity index (χ3n) is 3.41. The lowest BCUT2D eigenvalue weighted by molar-refractivity contribution is -0.116. The SMILES string of the molecule is O=C1CCC(O)C2=C1C(=O)c1ccccc1C2=O. The van der Waals surface area contributed by atoms with Gasteiger partial charge in [-0.3, -0.25) is 14.4 Å². The molecule has 90 valence electrons. The molecule has 1 aromatic rings. The first-order valence-electron chi connectivity index (χ1n) is 5.75. The normalized spacial score (nSPS) is 22.9. The van der Waals surface area contributed by atoms with E-state index in [0.29, 0.717) is 0 Å². The fraction of sp³-hybridized carbons (Fsp3) is 0.214. The van der Waals surface area contributed by atoms with Crippen molar-refractivity contribution in [3.63, 3.8) is 0 Å². The van der Waals surface area contributed by atoms with E-state index in [1.807, 2.05) is 0 Å². The number of carbonyl (C=O) groups excluding carboxylic acids is 3. The van der Waals surface area contributed by atoms with Crippen LogP contribution in [-0.2, 0) is 4.79 Å². The number of benzene rings is 1. The summed E-state index contributed by atoms with van der Waals surface area (Å²) in [5, 5.41) is 9.85. The minimum atomic E-state index is -1.01. The van der Waals surface area contributed by atoms with Gasteiger partial charge in [-0.15, -0.1) is 0 Å². The first-order chi connectivity index (χ1) is 8.61. The molecule has 1 N–H and O–H groups in total. The maximum absolute atomic E-state index is 12.2. The van der Waals surface area contributed by atoms with E-state index in [0.717, 1.165) is 0 Å². The van der Waals surface area contributed by atoms with Crippen LogP contribution in [0.1, 0.15) is 33.6 Å². The molecule has 0 spiro atoms. The van der Waals surface area contributed by atoms with Gasteiger partial charge in [-0.05, 0) is 6.42 Å². The number of hydrogen-bond acceptors (Lipinski definition) is 4. The van der Waals surface area contributed by atoms with Crippen molar-refractivity contribution >= 4 is 17.3 Å².